The van der Waals surface area contributed by atoms with Gasteiger partial charge in [0.15, 0.2) is 0 Å². The Morgan fingerprint density at radius 2 is 2.00 bits per heavy atom. The molecule has 0 saturated carbocycles. The fraction of sp³-hybridized carbons (Fsp3) is 0.176. The number of aryl methyl sites for hydroxylation is 1. The highest BCUT2D eigenvalue weighted by atomic mass is 35.5. The molecule has 0 heterocycles. The van der Waals surface area contributed by atoms with E-state index in [-0.39, 0.29) is 6.61 Å². The Balaban J connectivity index is 2.14. The van der Waals surface area contributed by atoms with Gasteiger partial charge in [0, 0.05) is 11.1 Å². The van der Waals surface area contributed by atoms with Crippen LogP contribution < -0.4 is 4.74 Å². The maximum atomic E-state index is 8.77. The van der Waals surface area contributed by atoms with Crippen molar-refractivity contribution in [3.8, 4) is 17.6 Å². The van der Waals surface area contributed by atoms with Crippen LogP contribution in [0.1, 0.15) is 16.7 Å². The summed E-state index contributed by atoms with van der Waals surface area (Å²) in [5, 5.41) is 9.37. The number of ether oxygens (including phenoxy) is 1. The third kappa shape index (κ3) is 3.77. The lowest BCUT2D eigenvalue weighted by molar-refractivity contribution is 0.306. The lowest BCUT2D eigenvalue weighted by Gasteiger charge is -2.10. The van der Waals surface area contributed by atoms with Crippen molar-refractivity contribution in [3.05, 3.63) is 64.2 Å². The summed E-state index contributed by atoms with van der Waals surface area (Å²) >= 11 is 6.13. The zero-order chi connectivity index (χ0) is 14.4. The van der Waals surface area contributed by atoms with Crippen molar-refractivity contribution < 1.29 is 9.84 Å². The third-order valence-electron chi connectivity index (χ3n) is 2.79. The first-order chi connectivity index (χ1) is 9.70. The number of aliphatic hydroxyl groups excluding tert-OH is 1. The molecule has 0 aliphatic rings. The Bertz CT molecular complexity index is 654. The van der Waals surface area contributed by atoms with Gasteiger partial charge in [-0.1, -0.05) is 47.7 Å². The molecule has 0 fully saturated rings. The molecule has 0 aliphatic carbocycles. The molecule has 0 atom stereocenters. The number of rotatable bonds is 3. The quantitative estimate of drug-likeness (QED) is 0.874. The Kier molecular flexibility index (Phi) is 5.06. The number of hydrogen-bond acceptors (Lipinski definition) is 2. The minimum atomic E-state index is -0.154. The van der Waals surface area contributed by atoms with E-state index in [9.17, 15) is 0 Å². The van der Waals surface area contributed by atoms with Gasteiger partial charge in [0.25, 0.3) is 0 Å². The van der Waals surface area contributed by atoms with Crippen LogP contribution >= 0.6 is 11.6 Å². The Hall–Kier alpha value is -1.95. The monoisotopic (exact) mass is 286 g/mol. The van der Waals surface area contributed by atoms with Crippen LogP contribution in [0, 0.1) is 18.8 Å². The number of benzene rings is 2. The van der Waals surface area contributed by atoms with Crippen molar-refractivity contribution in [3.63, 3.8) is 0 Å². The maximum absolute atomic E-state index is 8.77. The van der Waals surface area contributed by atoms with Crippen molar-refractivity contribution in [1.82, 2.24) is 0 Å². The van der Waals surface area contributed by atoms with Crippen molar-refractivity contribution in [1.29, 1.82) is 0 Å². The van der Waals surface area contributed by atoms with E-state index in [1.807, 2.05) is 49.4 Å². The van der Waals surface area contributed by atoms with Crippen molar-refractivity contribution in [2.45, 2.75) is 13.5 Å². The number of hydrogen-bond donors (Lipinski definition) is 1. The van der Waals surface area contributed by atoms with Gasteiger partial charge in [0.05, 0.1) is 5.02 Å². The van der Waals surface area contributed by atoms with Crippen LogP contribution in [0.15, 0.2) is 42.5 Å². The zero-order valence-corrected chi connectivity index (χ0v) is 11.9. The lowest BCUT2D eigenvalue weighted by Crippen LogP contribution is -1.99. The summed E-state index contributed by atoms with van der Waals surface area (Å²) in [5.74, 6) is 6.21. The fourth-order valence-corrected chi connectivity index (χ4v) is 2.07. The molecule has 102 valence electrons. The predicted molar refractivity (Wildman–Crippen MR) is 80.9 cm³/mol. The number of halogens is 1. The van der Waals surface area contributed by atoms with Crippen molar-refractivity contribution in [2.24, 2.45) is 0 Å². The van der Waals surface area contributed by atoms with Crippen LogP contribution in [0.2, 0.25) is 5.02 Å². The van der Waals surface area contributed by atoms with Gasteiger partial charge in [-0.05, 0) is 30.7 Å². The molecule has 20 heavy (non-hydrogen) atoms. The van der Waals surface area contributed by atoms with Crippen LogP contribution in [0.3, 0.4) is 0 Å². The van der Waals surface area contributed by atoms with Crippen LogP contribution in [0.5, 0.6) is 5.75 Å². The molecule has 3 heteroatoms. The highest BCUT2D eigenvalue weighted by molar-refractivity contribution is 6.32. The summed E-state index contributed by atoms with van der Waals surface area (Å²) in [6.45, 7) is 2.22. The molecular formula is C17H15ClO2. The molecule has 0 spiro atoms. The highest BCUT2D eigenvalue weighted by Gasteiger charge is 2.04. The van der Waals surface area contributed by atoms with E-state index in [2.05, 4.69) is 11.8 Å². The van der Waals surface area contributed by atoms with Gasteiger partial charge in [0.1, 0.15) is 19.0 Å². The first kappa shape index (κ1) is 14.5. The highest BCUT2D eigenvalue weighted by Crippen LogP contribution is 2.26. The second kappa shape index (κ2) is 7.00. The van der Waals surface area contributed by atoms with Gasteiger partial charge in [0.2, 0.25) is 0 Å². The molecule has 2 aromatic carbocycles. The first-order valence-corrected chi connectivity index (χ1v) is 6.65. The molecule has 0 radical (unpaired) electrons. The molecule has 0 bridgehead atoms. The Morgan fingerprint density at radius 1 is 1.20 bits per heavy atom. The van der Waals surface area contributed by atoms with Crippen LogP contribution in [0.4, 0.5) is 0 Å². The number of aliphatic hydroxyl groups is 1. The molecule has 0 aliphatic heterocycles. The van der Waals surface area contributed by atoms with Crippen molar-refractivity contribution in [2.75, 3.05) is 6.61 Å². The average molecular weight is 287 g/mol. The summed E-state index contributed by atoms with van der Waals surface area (Å²) in [4.78, 5) is 0. The second-order valence-corrected chi connectivity index (χ2v) is 4.75. The normalized spacial score (nSPS) is 9.75. The molecule has 1 N–H and O–H groups in total. The van der Waals surface area contributed by atoms with E-state index < -0.39 is 0 Å². The SMILES string of the molecule is Cc1ccc(OCc2ccccc2C#CCO)c(Cl)c1. The fourth-order valence-electron chi connectivity index (χ4n) is 1.78. The molecule has 0 saturated heterocycles. The zero-order valence-electron chi connectivity index (χ0n) is 11.2. The van der Waals surface area contributed by atoms with Crippen LogP contribution in [0.25, 0.3) is 0 Å². The molecule has 0 aromatic heterocycles. The third-order valence-corrected chi connectivity index (χ3v) is 3.09. The van der Waals surface area contributed by atoms with E-state index in [0.717, 1.165) is 16.7 Å². The maximum Gasteiger partial charge on any atom is 0.138 e. The van der Waals surface area contributed by atoms with E-state index >= 15 is 0 Å². The topological polar surface area (TPSA) is 29.5 Å². The van der Waals surface area contributed by atoms with Crippen molar-refractivity contribution >= 4 is 11.6 Å². The largest absolute Gasteiger partial charge is 0.487 e. The molecule has 2 rings (SSSR count). The van der Waals surface area contributed by atoms with E-state index in [1.165, 1.54) is 0 Å². The first-order valence-electron chi connectivity index (χ1n) is 6.27. The molecule has 2 nitrogen and oxygen atoms in total. The predicted octanol–water partition coefficient (Wildman–Crippen LogP) is 3.57. The minimum absolute atomic E-state index is 0.154. The van der Waals surface area contributed by atoms with Gasteiger partial charge in [-0.15, -0.1) is 0 Å². The Labute approximate surface area is 124 Å². The lowest BCUT2D eigenvalue weighted by atomic mass is 10.1. The smallest absolute Gasteiger partial charge is 0.138 e. The summed E-state index contributed by atoms with van der Waals surface area (Å²) < 4.78 is 5.74. The summed E-state index contributed by atoms with van der Waals surface area (Å²) in [5.41, 5.74) is 2.91. The Morgan fingerprint density at radius 3 is 2.75 bits per heavy atom. The van der Waals surface area contributed by atoms with E-state index in [1.54, 1.807) is 0 Å². The molecule has 2 aromatic rings. The van der Waals surface area contributed by atoms with Gasteiger partial charge in [-0.3, -0.25) is 0 Å². The standard InChI is InChI=1S/C17H15ClO2/c1-13-8-9-17(16(18)11-13)20-12-15-6-3-2-5-14(15)7-4-10-19/h2-3,5-6,8-9,11,19H,10,12H2,1H3. The minimum Gasteiger partial charge on any atom is -0.487 e. The van der Waals surface area contributed by atoms with E-state index in [0.29, 0.717) is 17.4 Å². The molecular weight excluding hydrogens is 272 g/mol. The second-order valence-electron chi connectivity index (χ2n) is 4.34. The average Bonchev–Trinajstić information content (AvgIpc) is 2.45. The summed E-state index contributed by atoms with van der Waals surface area (Å²) in [6.07, 6.45) is 0. The summed E-state index contributed by atoms with van der Waals surface area (Å²) in [7, 11) is 0. The van der Waals surface area contributed by atoms with Gasteiger partial charge >= 0.3 is 0 Å². The van der Waals surface area contributed by atoms with E-state index in [4.69, 9.17) is 21.4 Å². The van der Waals surface area contributed by atoms with Crippen LogP contribution in [-0.2, 0) is 6.61 Å². The molecule has 0 unspecified atom stereocenters. The summed E-state index contributed by atoms with van der Waals surface area (Å²) in [6, 6.07) is 13.4. The van der Waals surface area contributed by atoms with Crippen LogP contribution in [-0.4, -0.2) is 11.7 Å². The van der Waals surface area contributed by atoms with Gasteiger partial charge < -0.3 is 9.84 Å². The van der Waals surface area contributed by atoms with Gasteiger partial charge in [-0.2, -0.15) is 0 Å². The molecule has 0 amide bonds. The van der Waals surface area contributed by atoms with Gasteiger partial charge in [-0.25, -0.2) is 0 Å².